The van der Waals surface area contributed by atoms with Crippen LogP contribution in [0.25, 0.3) is 0 Å². The maximum absolute atomic E-state index is 9.53. The minimum absolute atomic E-state index is 0. The molecule has 1 atom stereocenters. The van der Waals surface area contributed by atoms with Crippen LogP contribution in [0.1, 0.15) is 0 Å². The first kappa shape index (κ1) is 29.8. The third-order valence-electron chi connectivity index (χ3n) is 0.341. The molecule has 20 heavy (non-hydrogen) atoms. The van der Waals surface area contributed by atoms with Gasteiger partial charge in [0.1, 0.15) is 0 Å². The molecule has 0 rings (SSSR count). The summed E-state index contributed by atoms with van der Waals surface area (Å²) in [5, 5.41) is 0. The van der Waals surface area contributed by atoms with E-state index in [-0.39, 0.29) is 47.5 Å². The molecule has 20 heteroatoms. The summed E-state index contributed by atoms with van der Waals surface area (Å²) in [5.41, 5.74) is 0. The second-order valence-corrected chi connectivity index (χ2v) is 9.29. The Labute approximate surface area is 153 Å². The van der Waals surface area contributed by atoms with Crippen LogP contribution in [0.4, 0.5) is 0 Å². The first-order valence-electron chi connectivity index (χ1n) is 2.71. The van der Waals surface area contributed by atoms with Gasteiger partial charge < -0.3 is 0 Å². The Kier molecular flexibility index (Phi) is 15.8. The molecule has 0 aliphatic carbocycles. The zero-order valence-corrected chi connectivity index (χ0v) is 19.2. The first-order valence-corrected chi connectivity index (χ1v) is 11.2. The van der Waals surface area contributed by atoms with Crippen molar-refractivity contribution in [1.29, 1.82) is 0 Å². The summed E-state index contributed by atoms with van der Waals surface area (Å²) in [6.45, 7) is 0. The van der Waals surface area contributed by atoms with E-state index < -0.39 is 54.5 Å². The summed E-state index contributed by atoms with van der Waals surface area (Å²) in [6.07, 6.45) is 0. The van der Waals surface area contributed by atoms with E-state index in [4.69, 9.17) is 12.5 Å². The van der Waals surface area contributed by atoms with Crippen molar-refractivity contribution < 1.29 is 137 Å². The van der Waals surface area contributed by atoms with E-state index in [1.807, 2.05) is 0 Å². The Balaban J connectivity index is -0.000000116. The molecule has 0 aromatic carbocycles. The van der Waals surface area contributed by atoms with E-state index in [9.17, 15) is 34.6 Å². The van der Waals surface area contributed by atoms with Crippen molar-refractivity contribution in [2.75, 3.05) is 0 Å². The molecule has 0 bridgehead atoms. The molecular weight excluding hydrogens is 530 g/mol. The summed E-state index contributed by atoms with van der Waals surface area (Å²) in [6, 6.07) is 0. The van der Waals surface area contributed by atoms with E-state index in [1.54, 1.807) is 0 Å². The summed E-state index contributed by atoms with van der Waals surface area (Å²) >= 11 is -23.3. The number of hydrogen-bond acceptors (Lipinski definition) is 11. The van der Waals surface area contributed by atoms with Gasteiger partial charge in [-0.15, -0.1) is 0 Å². The van der Waals surface area contributed by atoms with Gasteiger partial charge in [0.05, 0.1) is 0 Å². The van der Waals surface area contributed by atoms with Crippen molar-refractivity contribution >= 4 is 18.0 Å². The molecule has 1 unspecified atom stereocenters. The Bertz CT molecular complexity index is 537. The Morgan fingerprint density at radius 1 is 0.650 bits per heavy atom. The van der Waals surface area contributed by atoms with Crippen molar-refractivity contribution in [1.82, 2.24) is 0 Å². The van der Waals surface area contributed by atoms with E-state index in [0.717, 1.165) is 0 Å². The van der Waals surface area contributed by atoms with Crippen LogP contribution >= 0.6 is 0 Å². The van der Waals surface area contributed by atoms with E-state index in [0.29, 0.717) is 0 Å². The summed E-state index contributed by atoms with van der Waals surface area (Å²) in [7, 11) is 0. The van der Waals surface area contributed by atoms with Gasteiger partial charge >= 0.3 is 155 Å². The van der Waals surface area contributed by atoms with Crippen molar-refractivity contribution in [3.8, 4) is 0 Å². The fraction of sp³-hybridized carbons (Fsp3) is 0. The van der Waals surface area contributed by atoms with E-state index >= 15 is 0 Å². The van der Waals surface area contributed by atoms with Crippen LogP contribution in [0.2, 0.25) is 0 Å². The zero-order chi connectivity index (χ0) is 15.4. The fourth-order valence-corrected chi connectivity index (χ4v) is 3.64. The molecule has 0 aromatic heterocycles. The van der Waals surface area contributed by atoms with Crippen LogP contribution in [0.5, 0.6) is 0 Å². The predicted molar refractivity (Wildman–Crippen MR) is 24.3 cm³/mol. The average molecular weight is 536 g/mol. The zero-order valence-electron chi connectivity index (χ0n) is 9.17. The van der Waals surface area contributed by atoms with Gasteiger partial charge in [-0.3, -0.25) is 0 Å². The molecular formula is H6AsCr4NaO14. The van der Waals surface area contributed by atoms with Crippen LogP contribution in [-0.4, -0.2) is 30.4 Å². The second kappa shape index (κ2) is 10.6. The molecule has 0 heterocycles. The topological polar surface area (TPSA) is 239 Å². The third kappa shape index (κ3) is 36.8. The summed E-state index contributed by atoms with van der Waals surface area (Å²) in [5.74, 6) is 0. The maximum atomic E-state index is 9.53. The van der Waals surface area contributed by atoms with Gasteiger partial charge in [0.15, 0.2) is 0 Å². The molecule has 120 valence electrons. The molecule has 0 radical (unpaired) electrons. The van der Waals surface area contributed by atoms with Gasteiger partial charge in [-0.25, -0.2) is 0 Å². The molecule has 0 aliphatic rings. The molecule has 0 saturated carbocycles. The van der Waals surface area contributed by atoms with Crippen LogP contribution in [0.15, 0.2) is 0 Å². The minimum atomic E-state index is -6.01. The van der Waals surface area contributed by atoms with Gasteiger partial charge in [-0.2, -0.15) is 0 Å². The van der Waals surface area contributed by atoms with Crippen molar-refractivity contribution in [2.45, 2.75) is 0 Å². The van der Waals surface area contributed by atoms with Crippen molar-refractivity contribution in [2.24, 2.45) is 0 Å². The van der Waals surface area contributed by atoms with Crippen LogP contribution < -0.4 is 33.7 Å². The van der Waals surface area contributed by atoms with Crippen LogP contribution in [-0.2, 0) is 90.6 Å². The summed E-state index contributed by atoms with van der Waals surface area (Å²) in [4.78, 5) is 0. The van der Waals surface area contributed by atoms with Gasteiger partial charge in [0, 0.05) is 0 Å². The molecule has 14 nitrogen and oxygen atoms in total. The Morgan fingerprint density at radius 2 is 0.850 bits per heavy atom. The van der Waals surface area contributed by atoms with Gasteiger partial charge in [0.2, 0.25) is 0 Å². The Morgan fingerprint density at radius 3 is 0.850 bits per heavy atom. The molecule has 0 fully saturated rings. The average Bonchev–Trinajstić information content (AvgIpc) is 1.64. The molecule has 0 aliphatic heterocycles. The van der Waals surface area contributed by atoms with Gasteiger partial charge in [-0.05, 0) is 0 Å². The van der Waals surface area contributed by atoms with Crippen LogP contribution in [0.3, 0.4) is 0 Å². The fourth-order valence-electron chi connectivity index (χ4n) is 0.214. The normalized spacial score (nSPS) is 12.2. The SMILES string of the molecule is [AsH3].[Na+].[O]=[Cr](=[O])([O-])[O][Cr](=[O])(=[O])[OH].[O]=[Cr](=[O])([OH])[O][Cr](=[O])(=[O])[OH]. The molecule has 0 amide bonds. The van der Waals surface area contributed by atoms with Crippen LogP contribution in [0, 0.1) is 0 Å². The molecule has 0 spiro atoms. The standard InChI is InChI=1S/AsH3.4Cr.Na.3H2O.11O/h1H3;;;;;;3*1H2;;;;;;;;;;;/q;;4*+1;;;;;;;;;;;;;;-1/p-3. The quantitative estimate of drug-likeness (QED) is 0.283. The monoisotopic (exact) mass is 536 g/mol. The second-order valence-electron chi connectivity index (χ2n) is 1.83. The molecule has 3 N–H and O–H groups in total. The van der Waals surface area contributed by atoms with Gasteiger partial charge in [0.25, 0.3) is 0 Å². The van der Waals surface area contributed by atoms with Gasteiger partial charge in [-0.1, -0.05) is 0 Å². The van der Waals surface area contributed by atoms with Crippen molar-refractivity contribution in [3.05, 3.63) is 0 Å². The number of rotatable bonds is 4. The molecule has 0 saturated heterocycles. The van der Waals surface area contributed by atoms with Crippen molar-refractivity contribution in [3.63, 3.8) is 0 Å². The Hall–Kier alpha value is 1.85. The third-order valence-corrected chi connectivity index (χ3v) is 5.80. The predicted octanol–water partition coefficient (Wildman–Crippen LogP) is -8.14. The van der Waals surface area contributed by atoms with E-state index in [1.165, 1.54) is 0 Å². The number of hydrogen-bond donors (Lipinski definition) is 3. The first-order chi connectivity index (χ1) is 7.41. The summed E-state index contributed by atoms with van der Waals surface area (Å²) < 4.78 is 114. The van der Waals surface area contributed by atoms with E-state index in [2.05, 4.69) is 5.68 Å². The molecule has 0 aromatic rings.